The van der Waals surface area contributed by atoms with Crippen LogP contribution in [0.1, 0.15) is 25.6 Å². The van der Waals surface area contributed by atoms with Crippen molar-refractivity contribution in [2.45, 2.75) is 30.7 Å². The Balaban J connectivity index is 2.80. The Hall–Kier alpha value is -0.0600. The molecule has 0 aliphatic rings. The highest BCUT2D eigenvalue weighted by Gasteiger charge is 2.23. The summed E-state index contributed by atoms with van der Waals surface area (Å²) in [6.07, 6.45) is 3.95. The summed E-state index contributed by atoms with van der Waals surface area (Å²) in [5.74, 6) is 0. The second-order valence-electron chi connectivity index (χ2n) is 3.14. The molecule has 0 radical (unpaired) electrons. The quantitative estimate of drug-likeness (QED) is 0.723. The average molecular weight is 217 g/mol. The molecule has 0 amide bonds. The zero-order chi connectivity index (χ0) is 9.90. The summed E-state index contributed by atoms with van der Waals surface area (Å²) in [6, 6.07) is 0. The van der Waals surface area contributed by atoms with Gasteiger partial charge in [0.15, 0.2) is 0 Å². The van der Waals surface area contributed by atoms with E-state index in [1.165, 1.54) is 4.88 Å². The van der Waals surface area contributed by atoms with Gasteiger partial charge in [0.1, 0.15) is 4.34 Å². The Morgan fingerprint density at radius 1 is 1.62 bits per heavy atom. The molecule has 1 rings (SSSR count). The summed E-state index contributed by atoms with van der Waals surface area (Å²) in [5.41, 5.74) is -0.194. The maximum atomic E-state index is 5.63. The lowest BCUT2D eigenvalue weighted by atomic mass is 10.1. The first-order chi connectivity index (χ1) is 6.10. The molecule has 1 aromatic rings. The molecule has 0 aliphatic carbocycles. The van der Waals surface area contributed by atoms with Gasteiger partial charge in [0.05, 0.1) is 10.5 Å². The van der Waals surface area contributed by atoms with Crippen molar-refractivity contribution in [2.75, 3.05) is 12.9 Å². The van der Waals surface area contributed by atoms with Gasteiger partial charge in [-0.05, 0) is 27.0 Å². The maximum Gasteiger partial charge on any atom is 0.149 e. The molecule has 0 aliphatic heterocycles. The average Bonchev–Trinajstić information content (AvgIpc) is 2.52. The Morgan fingerprint density at radius 3 is 2.77 bits per heavy atom. The molecule has 0 saturated carbocycles. The van der Waals surface area contributed by atoms with Crippen molar-refractivity contribution >= 4 is 23.1 Å². The number of nitrogens with zero attached hydrogens (tertiary/aromatic N) is 1. The molecule has 0 unspecified atom stereocenters. The fraction of sp³-hybridized carbons (Fsp3) is 0.667. The zero-order valence-corrected chi connectivity index (χ0v) is 10.1. The van der Waals surface area contributed by atoms with Crippen molar-refractivity contribution < 1.29 is 4.74 Å². The summed E-state index contributed by atoms with van der Waals surface area (Å²) in [6.45, 7) is 6.90. The van der Waals surface area contributed by atoms with Crippen LogP contribution in [0.5, 0.6) is 0 Å². The van der Waals surface area contributed by atoms with Gasteiger partial charge in [0.2, 0.25) is 0 Å². The van der Waals surface area contributed by atoms with Crippen molar-refractivity contribution in [2.24, 2.45) is 0 Å². The molecule has 0 bridgehead atoms. The topological polar surface area (TPSA) is 22.1 Å². The van der Waals surface area contributed by atoms with Gasteiger partial charge in [-0.2, -0.15) is 0 Å². The van der Waals surface area contributed by atoms with Crippen LogP contribution in [0.3, 0.4) is 0 Å². The highest BCUT2D eigenvalue weighted by molar-refractivity contribution is 8.00. The van der Waals surface area contributed by atoms with E-state index in [2.05, 4.69) is 18.8 Å². The second-order valence-corrected chi connectivity index (χ2v) is 5.22. The number of ether oxygens (including phenoxy) is 1. The highest BCUT2D eigenvalue weighted by Crippen LogP contribution is 2.32. The molecule has 0 N–H and O–H groups in total. The van der Waals surface area contributed by atoms with E-state index >= 15 is 0 Å². The summed E-state index contributed by atoms with van der Waals surface area (Å²) in [5, 5.41) is 0. The summed E-state index contributed by atoms with van der Waals surface area (Å²) in [7, 11) is 0. The van der Waals surface area contributed by atoms with Crippen LogP contribution in [0.2, 0.25) is 0 Å². The van der Waals surface area contributed by atoms with E-state index < -0.39 is 0 Å². The van der Waals surface area contributed by atoms with Crippen LogP contribution in [0, 0.1) is 0 Å². The molecular formula is C9H15NOS2. The van der Waals surface area contributed by atoms with Gasteiger partial charge < -0.3 is 4.74 Å². The van der Waals surface area contributed by atoms with Gasteiger partial charge in [-0.15, -0.1) is 11.3 Å². The predicted octanol–water partition coefficient (Wildman–Crippen LogP) is 3.14. The molecule has 0 spiro atoms. The van der Waals surface area contributed by atoms with Gasteiger partial charge in [-0.3, -0.25) is 0 Å². The van der Waals surface area contributed by atoms with Gasteiger partial charge in [-0.1, -0.05) is 11.8 Å². The SMILES string of the molecule is CCOC(C)(C)c1cnc(SC)s1. The smallest absolute Gasteiger partial charge is 0.149 e. The summed E-state index contributed by atoms with van der Waals surface area (Å²) < 4.78 is 6.73. The largest absolute Gasteiger partial charge is 0.370 e. The molecule has 1 heterocycles. The Kier molecular flexibility index (Phi) is 3.76. The zero-order valence-electron chi connectivity index (χ0n) is 8.46. The number of hydrogen-bond acceptors (Lipinski definition) is 4. The third-order valence-electron chi connectivity index (χ3n) is 1.76. The minimum absolute atomic E-state index is 0.194. The molecule has 0 aromatic carbocycles. The number of hydrogen-bond donors (Lipinski definition) is 0. The fourth-order valence-corrected chi connectivity index (χ4v) is 2.53. The standard InChI is InChI=1S/C9H15NOS2/c1-5-11-9(2,3)7-6-10-8(12-4)13-7/h6H,5H2,1-4H3. The van der Waals surface area contributed by atoms with Crippen LogP contribution in [0.15, 0.2) is 10.5 Å². The lowest BCUT2D eigenvalue weighted by Crippen LogP contribution is -2.19. The van der Waals surface area contributed by atoms with Crippen LogP contribution in [0.4, 0.5) is 0 Å². The van der Waals surface area contributed by atoms with Crippen LogP contribution >= 0.6 is 23.1 Å². The van der Waals surface area contributed by atoms with E-state index in [1.54, 1.807) is 23.1 Å². The first-order valence-electron chi connectivity index (χ1n) is 4.24. The molecular weight excluding hydrogens is 202 g/mol. The van der Waals surface area contributed by atoms with E-state index in [0.29, 0.717) is 0 Å². The predicted molar refractivity (Wildman–Crippen MR) is 58.5 cm³/mol. The van der Waals surface area contributed by atoms with E-state index in [-0.39, 0.29) is 5.60 Å². The first kappa shape index (κ1) is 11.0. The second kappa shape index (κ2) is 4.44. The Bertz CT molecular complexity index is 270. The number of thioether (sulfide) groups is 1. The molecule has 2 nitrogen and oxygen atoms in total. The van der Waals surface area contributed by atoms with Gasteiger partial charge in [0, 0.05) is 12.8 Å². The molecule has 0 atom stereocenters. The Morgan fingerprint density at radius 2 is 2.31 bits per heavy atom. The molecule has 0 fully saturated rings. The third kappa shape index (κ3) is 2.69. The molecule has 4 heteroatoms. The van der Waals surface area contributed by atoms with Crippen molar-refractivity contribution in [1.82, 2.24) is 4.98 Å². The van der Waals surface area contributed by atoms with Crippen LogP contribution < -0.4 is 0 Å². The monoisotopic (exact) mass is 217 g/mol. The molecule has 1 aromatic heterocycles. The number of rotatable bonds is 4. The van der Waals surface area contributed by atoms with Crippen molar-refractivity contribution in [3.8, 4) is 0 Å². The maximum absolute atomic E-state index is 5.63. The van der Waals surface area contributed by atoms with Crippen LogP contribution in [-0.2, 0) is 10.3 Å². The van der Waals surface area contributed by atoms with Crippen molar-refractivity contribution in [1.29, 1.82) is 0 Å². The van der Waals surface area contributed by atoms with E-state index in [1.807, 2.05) is 19.4 Å². The van der Waals surface area contributed by atoms with Gasteiger partial charge in [0.25, 0.3) is 0 Å². The van der Waals surface area contributed by atoms with Crippen molar-refractivity contribution in [3.63, 3.8) is 0 Å². The third-order valence-corrected chi connectivity index (χ3v) is 4.06. The fourth-order valence-electron chi connectivity index (χ4n) is 1.06. The lowest BCUT2D eigenvalue weighted by Gasteiger charge is -2.22. The van der Waals surface area contributed by atoms with Crippen LogP contribution in [0.25, 0.3) is 0 Å². The van der Waals surface area contributed by atoms with E-state index in [9.17, 15) is 0 Å². The van der Waals surface area contributed by atoms with Gasteiger partial charge in [-0.25, -0.2) is 4.98 Å². The molecule has 13 heavy (non-hydrogen) atoms. The summed E-state index contributed by atoms with van der Waals surface area (Å²) in [4.78, 5) is 5.48. The van der Waals surface area contributed by atoms with Crippen LogP contribution in [-0.4, -0.2) is 17.8 Å². The summed E-state index contributed by atoms with van der Waals surface area (Å²) >= 11 is 3.38. The van der Waals surface area contributed by atoms with E-state index in [0.717, 1.165) is 10.9 Å². The Labute approximate surface area is 87.7 Å². The van der Waals surface area contributed by atoms with E-state index in [4.69, 9.17) is 4.74 Å². The highest BCUT2D eigenvalue weighted by atomic mass is 32.2. The first-order valence-corrected chi connectivity index (χ1v) is 6.28. The number of thiazole rings is 1. The van der Waals surface area contributed by atoms with Crippen molar-refractivity contribution in [3.05, 3.63) is 11.1 Å². The molecule has 0 saturated heterocycles. The lowest BCUT2D eigenvalue weighted by molar-refractivity contribution is -0.0113. The minimum atomic E-state index is -0.194. The normalized spacial score (nSPS) is 12.0. The molecule has 74 valence electrons. The minimum Gasteiger partial charge on any atom is -0.370 e. The number of aromatic nitrogens is 1. The van der Waals surface area contributed by atoms with Gasteiger partial charge >= 0.3 is 0 Å².